The molecule has 0 aromatic carbocycles. The van der Waals surface area contributed by atoms with Gasteiger partial charge in [0.15, 0.2) is 0 Å². The van der Waals surface area contributed by atoms with Gasteiger partial charge in [0.05, 0.1) is 6.54 Å². The summed E-state index contributed by atoms with van der Waals surface area (Å²) in [6.07, 6.45) is 0. The Hall–Kier alpha value is 0.160. The standard InChI is InChI=1S/C6H13IN2O/c1-3-9(4-2)6(10)5-8-7/h8H,3-5H2,1-2H3. The van der Waals surface area contributed by atoms with Gasteiger partial charge >= 0.3 is 0 Å². The van der Waals surface area contributed by atoms with Crippen molar-refractivity contribution >= 4 is 28.8 Å². The molecule has 1 amide bonds. The van der Waals surface area contributed by atoms with E-state index in [1.165, 1.54) is 0 Å². The number of amides is 1. The Morgan fingerprint density at radius 1 is 1.50 bits per heavy atom. The summed E-state index contributed by atoms with van der Waals surface area (Å²) >= 11 is 1.97. The molecule has 0 bridgehead atoms. The van der Waals surface area contributed by atoms with Crippen LogP contribution in [0.2, 0.25) is 0 Å². The average Bonchev–Trinajstić information content (AvgIpc) is 1.91. The van der Waals surface area contributed by atoms with E-state index in [0.29, 0.717) is 6.54 Å². The van der Waals surface area contributed by atoms with E-state index in [0.717, 1.165) is 13.1 Å². The van der Waals surface area contributed by atoms with Crippen LogP contribution >= 0.6 is 22.9 Å². The summed E-state index contributed by atoms with van der Waals surface area (Å²) in [6, 6.07) is 0. The molecule has 4 heteroatoms. The number of hydrogen-bond acceptors (Lipinski definition) is 2. The molecule has 0 saturated carbocycles. The summed E-state index contributed by atoms with van der Waals surface area (Å²) in [5, 5.41) is 0. The summed E-state index contributed by atoms with van der Waals surface area (Å²) in [6.45, 7) is 5.99. The second-order valence-corrected chi connectivity index (χ2v) is 2.64. The molecule has 10 heavy (non-hydrogen) atoms. The van der Waals surface area contributed by atoms with Gasteiger partial charge in [-0.15, -0.1) is 0 Å². The van der Waals surface area contributed by atoms with Gasteiger partial charge in [-0.3, -0.25) is 8.32 Å². The minimum atomic E-state index is 0.166. The summed E-state index contributed by atoms with van der Waals surface area (Å²) in [4.78, 5) is 12.9. The SMILES string of the molecule is CCN(CC)C(=O)CNI. The number of carbonyl (C=O) groups excluding carboxylic acids is 1. The molecular formula is C6H13IN2O. The van der Waals surface area contributed by atoms with Crippen LogP contribution in [0.25, 0.3) is 0 Å². The van der Waals surface area contributed by atoms with E-state index in [-0.39, 0.29) is 5.91 Å². The van der Waals surface area contributed by atoms with Crippen LogP contribution < -0.4 is 3.53 Å². The van der Waals surface area contributed by atoms with Crippen molar-refractivity contribution in [2.75, 3.05) is 19.6 Å². The van der Waals surface area contributed by atoms with Gasteiger partial charge in [0, 0.05) is 36.0 Å². The Morgan fingerprint density at radius 2 is 2.00 bits per heavy atom. The highest BCUT2D eigenvalue weighted by atomic mass is 127. The molecule has 0 saturated heterocycles. The zero-order chi connectivity index (χ0) is 7.98. The Morgan fingerprint density at radius 3 is 2.30 bits per heavy atom. The minimum absolute atomic E-state index is 0.166. The Labute approximate surface area is 75.7 Å². The van der Waals surface area contributed by atoms with Crippen molar-refractivity contribution in [3.05, 3.63) is 0 Å². The normalized spacial score (nSPS) is 9.50. The second kappa shape index (κ2) is 5.91. The second-order valence-electron chi connectivity index (χ2n) is 1.88. The van der Waals surface area contributed by atoms with Crippen molar-refractivity contribution in [3.63, 3.8) is 0 Å². The van der Waals surface area contributed by atoms with Crippen LogP contribution in [0.3, 0.4) is 0 Å². The number of nitrogens with one attached hydrogen (secondary N) is 1. The first-order valence-electron chi connectivity index (χ1n) is 3.37. The molecule has 0 aliphatic carbocycles. The van der Waals surface area contributed by atoms with Crippen LogP contribution in [0.4, 0.5) is 0 Å². The van der Waals surface area contributed by atoms with Crippen LogP contribution in [0, 0.1) is 0 Å². The zero-order valence-corrected chi connectivity index (χ0v) is 8.51. The molecule has 60 valence electrons. The maximum Gasteiger partial charge on any atom is 0.237 e. The third kappa shape index (κ3) is 3.36. The molecular weight excluding hydrogens is 243 g/mol. The van der Waals surface area contributed by atoms with E-state index >= 15 is 0 Å². The van der Waals surface area contributed by atoms with Crippen LogP contribution in [0.1, 0.15) is 13.8 Å². The molecule has 0 fully saturated rings. The van der Waals surface area contributed by atoms with Gasteiger partial charge in [-0.1, -0.05) is 0 Å². The molecule has 0 aliphatic heterocycles. The number of rotatable bonds is 4. The lowest BCUT2D eigenvalue weighted by atomic mass is 10.4. The number of halogens is 1. The number of carbonyl (C=O) groups is 1. The van der Waals surface area contributed by atoms with Gasteiger partial charge in [-0.25, -0.2) is 0 Å². The van der Waals surface area contributed by atoms with Crippen molar-refractivity contribution in [1.82, 2.24) is 8.43 Å². The Kier molecular flexibility index (Phi) is 6.00. The predicted octanol–water partition coefficient (Wildman–Crippen LogP) is 0.794. The first kappa shape index (κ1) is 10.2. The lowest BCUT2D eigenvalue weighted by molar-refractivity contribution is -0.129. The van der Waals surface area contributed by atoms with E-state index in [1.54, 1.807) is 4.90 Å². The number of hydrogen-bond donors (Lipinski definition) is 1. The van der Waals surface area contributed by atoms with Gasteiger partial charge in [0.1, 0.15) is 0 Å². The first-order chi connectivity index (χ1) is 4.76. The third-order valence-electron chi connectivity index (χ3n) is 1.33. The highest BCUT2D eigenvalue weighted by Crippen LogP contribution is 1.87. The molecule has 0 rings (SSSR count). The van der Waals surface area contributed by atoms with Crippen LogP contribution in [0.5, 0.6) is 0 Å². The molecule has 0 aromatic rings. The molecule has 0 unspecified atom stereocenters. The van der Waals surface area contributed by atoms with E-state index in [1.807, 2.05) is 36.7 Å². The summed E-state index contributed by atoms with van der Waals surface area (Å²) in [7, 11) is 0. The summed E-state index contributed by atoms with van der Waals surface area (Å²) in [5.41, 5.74) is 0. The fourth-order valence-corrected chi connectivity index (χ4v) is 1.07. The van der Waals surface area contributed by atoms with Crippen molar-refractivity contribution in [1.29, 1.82) is 0 Å². The fraction of sp³-hybridized carbons (Fsp3) is 0.833. The van der Waals surface area contributed by atoms with Crippen molar-refractivity contribution in [2.45, 2.75) is 13.8 Å². The Bertz CT molecular complexity index is 104. The summed E-state index contributed by atoms with van der Waals surface area (Å²) < 4.78 is 2.80. The topological polar surface area (TPSA) is 32.3 Å². The third-order valence-corrected chi connectivity index (χ3v) is 1.72. The molecule has 0 aromatic heterocycles. The van der Waals surface area contributed by atoms with Gasteiger partial charge in [0.25, 0.3) is 0 Å². The lowest BCUT2D eigenvalue weighted by Gasteiger charge is -2.17. The largest absolute Gasteiger partial charge is 0.342 e. The highest BCUT2D eigenvalue weighted by molar-refractivity contribution is 14.1. The molecule has 0 aliphatic rings. The quantitative estimate of drug-likeness (QED) is 0.596. The van der Waals surface area contributed by atoms with Crippen molar-refractivity contribution in [2.24, 2.45) is 0 Å². The molecule has 0 atom stereocenters. The van der Waals surface area contributed by atoms with Gasteiger partial charge in [0.2, 0.25) is 5.91 Å². The zero-order valence-electron chi connectivity index (χ0n) is 6.35. The highest BCUT2D eigenvalue weighted by Gasteiger charge is 2.06. The molecule has 0 radical (unpaired) electrons. The number of nitrogens with zero attached hydrogens (tertiary/aromatic N) is 1. The minimum Gasteiger partial charge on any atom is -0.342 e. The van der Waals surface area contributed by atoms with E-state index in [2.05, 4.69) is 3.53 Å². The summed E-state index contributed by atoms with van der Waals surface area (Å²) in [5.74, 6) is 0.166. The maximum absolute atomic E-state index is 11.1. The van der Waals surface area contributed by atoms with Crippen LogP contribution in [-0.2, 0) is 4.79 Å². The monoisotopic (exact) mass is 256 g/mol. The van der Waals surface area contributed by atoms with Crippen LogP contribution in [0.15, 0.2) is 0 Å². The predicted molar refractivity (Wildman–Crippen MR) is 50.0 cm³/mol. The maximum atomic E-state index is 11.1. The lowest BCUT2D eigenvalue weighted by Crippen LogP contribution is -2.35. The molecule has 0 heterocycles. The molecule has 1 N–H and O–H groups in total. The fourth-order valence-electron chi connectivity index (χ4n) is 0.745. The first-order valence-corrected chi connectivity index (χ1v) is 4.45. The smallest absolute Gasteiger partial charge is 0.237 e. The van der Waals surface area contributed by atoms with E-state index < -0.39 is 0 Å². The van der Waals surface area contributed by atoms with Gasteiger partial charge in [-0.2, -0.15) is 0 Å². The van der Waals surface area contributed by atoms with Crippen molar-refractivity contribution in [3.8, 4) is 0 Å². The van der Waals surface area contributed by atoms with E-state index in [9.17, 15) is 4.79 Å². The Balaban J connectivity index is 3.65. The van der Waals surface area contributed by atoms with Gasteiger partial charge < -0.3 is 4.90 Å². The number of likely N-dealkylation sites (N-methyl/N-ethyl adjacent to an activating group) is 1. The molecule has 0 spiro atoms. The van der Waals surface area contributed by atoms with Crippen LogP contribution in [-0.4, -0.2) is 30.4 Å². The van der Waals surface area contributed by atoms with E-state index in [4.69, 9.17) is 0 Å². The molecule has 3 nitrogen and oxygen atoms in total. The van der Waals surface area contributed by atoms with Crippen molar-refractivity contribution < 1.29 is 4.79 Å². The average molecular weight is 256 g/mol. The van der Waals surface area contributed by atoms with Gasteiger partial charge in [-0.05, 0) is 13.8 Å².